The fraction of sp³-hybridized carbons (Fsp3) is 0.600. The van der Waals surface area contributed by atoms with Gasteiger partial charge in [0.15, 0.2) is 12.2 Å². The highest BCUT2D eigenvalue weighted by Crippen LogP contribution is 2.45. The first-order valence-corrected chi connectivity index (χ1v) is 42.0. The molecule has 0 spiro atoms. The first kappa shape index (κ1) is 98.2. The number of rotatable bonds is 71. The summed E-state index contributed by atoms with van der Waals surface area (Å²) >= 11 is 0. The highest BCUT2D eigenvalue weighted by Gasteiger charge is 2.30. The number of carbonyl (C=O) groups excluding carboxylic acids is 4. The zero-order valence-corrected chi connectivity index (χ0v) is 65.9. The van der Waals surface area contributed by atoms with Crippen LogP contribution in [0, 0.1) is 0 Å². The molecule has 104 heavy (non-hydrogen) atoms. The van der Waals surface area contributed by atoms with Crippen LogP contribution in [0.4, 0.5) is 0 Å². The van der Waals surface area contributed by atoms with E-state index in [-0.39, 0.29) is 25.7 Å². The Balaban J connectivity index is 5.48. The summed E-state index contributed by atoms with van der Waals surface area (Å²) in [5, 5.41) is 10.6. The average Bonchev–Trinajstić information content (AvgIpc) is 0.931. The molecule has 0 aromatic heterocycles. The quantitative estimate of drug-likeness (QED) is 0.0169. The van der Waals surface area contributed by atoms with E-state index in [1.807, 2.05) is 24.3 Å². The van der Waals surface area contributed by atoms with Gasteiger partial charge in [-0.1, -0.05) is 281 Å². The van der Waals surface area contributed by atoms with Crippen molar-refractivity contribution in [1.82, 2.24) is 0 Å². The zero-order chi connectivity index (χ0) is 76.0. The third-order valence-corrected chi connectivity index (χ3v) is 17.3. The van der Waals surface area contributed by atoms with Crippen LogP contribution in [0.2, 0.25) is 0 Å². The maximum absolute atomic E-state index is 13.1. The van der Waals surface area contributed by atoms with E-state index in [0.29, 0.717) is 38.5 Å². The number of unbranched alkanes of at least 4 members (excludes halogenated alkanes) is 15. The first-order valence-electron chi connectivity index (χ1n) is 39.0. The van der Waals surface area contributed by atoms with E-state index in [1.165, 1.54) is 38.5 Å². The van der Waals surface area contributed by atoms with Gasteiger partial charge in [0.1, 0.15) is 19.3 Å². The Kier molecular flexibility index (Phi) is 71.2. The summed E-state index contributed by atoms with van der Waals surface area (Å²) in [5.41, 5.74) is 0. The Bertz CT molecular complexity index is 2690. The Morgan fingerprint density at radius 1 is 0.279 bits per heavy atom. The molecule has 0 amide bonds. The van der Waals surface area contributed by atoms with Crippen LogP contribution >= 0.6 is 15.6 Å². The maximum Gasteiger partial charge on any atom is 0.472 e. The summed E-state index contributed by atoms with van der Waals surface area (Å²) < 4.78 is 68.4. The molecule has 0 radical (unpaired) electrons. The van der Waals surface area contributed by atoms with Gasteiger partial charge in [0.05, 0.1) is 26.4 Å². The molecule has 19 heteroatoms. The van der Waals surface area contributed by atoms with E-state index >= 15 is 0 Å². The molecule has 0 aliphatic carbocycles. The summed E-state index contributed by atoms with van der Waals surface area (Å²) in [5.74, 6) is -2.36. The third-order valence-electron chi connectivity index (χ3n) is 15.4. The molecule has 5 atom stereocenters. The van der Waals surface area contributed by atoms with Gasteiger partial charge in [-0.05, 0) is 148 Å². The van der Waals surface area contributed by atoms with E-state index in [4.69, 9.17) is 37.0 Å². The summed E-state index contributed by atoms with van der Waals surface area (Å²) in [6.45, 7) is 4.33. The molecule has 3 N–H and O–H groups in total. The van der Waals surface area contributed by atoms with Crippen LogP contribution in [0.15, 0.2) is 182 Å². The average molecular weight is 1490 g/mol. The highest BCUT2D eigenvalue weighted by molar-refractivity contribution is 7.47. The van der Waals surface area contributed by atoms with Crippen LogP contribution in [0.25, 0.3) is 0 Å². The van der Waals surface area contributed by atoms with Crippen molar-refractivity contribution in [3.8, 4) is 0 Å². The lowest BCUT2D eigenvalue weighted by molar-refractivity contribution is -0.161. The van der Waals surface area contributed by atoms with Gasteiger partial charge >= 0.3 is 39.5 Å². The topological polar surface area (TPSA) is 237 Å². The molecule has 0 heterocycles. The van der Waals surface area contributed by atoms with Gasteiger partial charge in [0, 0.05) is 25.7 Å². The van der Waals surface area contributed by atoms with Crippen molar-refractivity contribution in [3.05, 3.63) is 182 Å². The summed E-state index contributed by atoms with van der Waals surface area (Å²) in [7, 11) is -10.0. The lowest BCUT2D eigenvalue weighted by atomic mass is 10.1. The van der Waals surface area contributed by atoms with E-state index in [2.05, 4.69) is 186 Å². The fourth-order valence-corrected chi connectivity index (χ4v) is 11.1. The van der Waals surface area contributed by atoms with Crippen LogP contribution in [0.1, 0.15) is 272 Å². The lowest BCUT2D eigenvalue weighted by Gasteiger charge is -2.21. The number of hydrogen-bond donors (Lipinski definition) is 3. The monoisotopic (exact) mass is 1490 g/mol. The molecule has 0 saturated heterocycles. The number of phosphoric ester groups is 2. The normalized spacial score (nSPS) is 14.9. The molecule has 0 bridgehead atoms. The van der Waals surface area contributed by atoms with Gasteiger partial charge < -0.3 is 33.8 Å². The van der Waals surface area contributed by atoms with Crippen LogP contribution < -0.4 is 0 Å². The summed E-state index contributed by atoms with van der Waals surface area (Å²) in [6.07, 6.45) is 90.4. The molecular formula is C85H136O17P2. The molecular weight excluding hydrogens is 1350 g/mol. The van der Waals surface area contributed by atoms with Crippen LogP contribution in [0.5, 0.6) is 0 Å². The van der Waals surface area contributed by atoms with Gasteiger partial charge in [-0.25, -0.2) is 9.13 Å². The number of esters is 4. The molecule has 588 valence electrons. The van der Waals surface area contributed by atoms with Gasteiger partial charge in [-0.2, -0.15) is 0 Å². The van der Waals surface area contributed by atoms with Crippen LogP contribution in [0.3, 0.4) is 0 Å². The van der Waals surface area contributed by atoms with E-state index in [0.717, 1.165) is 141 Å². The molecule has 0 saturated carbocycles. The van der Waals surface area contributed by atoms with Crippen molar-refractivity contribution in [1.29, 1.82) is 0 Å². The smallest absolute Gasteiger partial charge is 0.462 e. The largest absolute Gasteiger partial charge is 0.472 e. The number of ether oxygens (including phenoxy) is 4. The van der Waals surface area contributed by atoms with Crippen LogP contribution in [-0.2, 0) is 65.4 Å². The second-order valence-electron chi connectivity index (χ2n) is 25.2. The van der Waals surface area contributed by atoms with Gasteiger partial charge in [0.2, 0.25) is 0 Å². The number of carbonyl (C=O) groups is 4. The number of phosphoric acid groups is 2. The fourth-order valence-electron chi connectivity index (χ4n) is 9.55. The predicted molar refractivity (Wildman–Crippen MR) is 426 cm³/mol. The minimum Gasteiger partial charge on any atom is -0.462 e. The maximum atomic E-state index is 13.1. The van der Waals surface area contributed by atoms with Crippen LogP contribution in [-0.4, -0.2) is 96.7 Å². The van der Waals surface area contributed by atoms with E-state index in [9.17, 15) is 43.2 Å². The predicted octanol–water partition coefficient (Wildman–Crippen LogP) is 22.8. The minimum atomic E-state index is -5.01. The second kappa shape index (κ2) is 75.4. The third kappa shape index (κ3) is 74.4. The standard InChI is InChI=1S/C85H136O17P2/c1-5-9-13-17-21-25-29-32-35-38-39-42-44-47-51-54-58-62-66-70-82(87)95-75-80(101-84(89)71-67-63-59-55-49-28-24-20-16-12-8-4)77-99-103(91,92)97-73-79(86)74-98-104(93,94)100-78-81(102-85(90)72-68-64-60-56-52-48-45-41-37-34-31-27-23-19-15-11-7-3)76-96-83(88)69-65-61-57-53-50-46-43-40-36-33-30-26-22-18-14-10-6-2/h9-11,13-15,21-23,25-27,32-37,39,42-43,45-48,51,53,56-57,60,79-81,86H,5-8,12,16-20,24,28-31,38,40-41,44,49-50,52,54-55,58-59,61-78H2,1-4H3,(H,91,92)(H,93,94)/b13-9-,14-10-,15-11-,25-21-,26-22-,27-23-,35-32-,36-33-,37-34-,42-39-,46-43-,48-45-,51-47-,57-53-,60-56-. The Hall–Kier alpha value is -5.84. The van der Waals surface area contributed by atoms with E-state index < -0.39 is 97.5 Å². The molecule has 5 unspecified atom stereocenters. The first-order chi connectivity index (χ1) is 50.7. The lowest BCUT2D eigenvalue weighted by Crippen LogP contribution is -2.30. The van der Waals surface area contributed by atoms with Crippen molar-refractivity contribution in [2.75, 3.05) is 39.6 Å². The summed E-state index contributed by atoms with van der Waals surface area (Å²) in [4.78, 5) is 72.9. The molecule has 0 aromatic rings. The molecule has 0 aromatic carbocycles. The molecule has 0 rings (SSSR count). The van der Waals surface area contributed by atoms with Crippen molar-refractivity contribution < 1.29 is 80.2 Å². The van der Waals surface area contributed by atoms with E-state index in [1.54, 1.807) is 0 Å². The molecule has 0 aliphatic heterocycles. The molecule has 17 nitrogen and oxygen atoms in total. The van der Waals surface area contributed by atoms with Gasteiger partial charge in [-0.15, -0.1) is 0 Å². The molecule has 0 fully saturated rings. The van der Waals surface area contributed by atoms with Crippen molar-refractivity contribution in [3.63, 3.8) is 0 Å². The Morgan fingerprint density at radius 3 is 0.817 bits per heavy atom. The van der Waals surface area contributed by atoms with Gasteiger partial charge in [-0.3, -0.25) is 37.3 Å². The Labute approximate surface area is 628 Å². The Morgan fingerprint density at radius 2 is 0.510 bits per heavy atom. The number of hydrogen-bond acceptors (Lipinski definition) is 15. The number of aliphatic hydroxyl groups is 1. The molecule has 0 aliphatic rings. The zero-order valence-electron chi connectivity index (χ0n) is 64.1. The number of aliphatic hydroxyl groups excluding tert-OH is 1. The number of allylic oxidation sites excluding steroid dienone is 30. The van der Waals surface area contributed by atoms with Gasteiger partial charge in [0.25, 0.3) is 0 Å². The minimum absolute atomic E-state index is 0.00302. The highest BCUT2D eigenvalue weighted by atomic mass is 31.2. The van der Waals surface area contributed by atoms with Crippen molar-refractivity contribution >= 4 is 39.5 Å². The summed E-state index contributed by atoms with van der Waals surface area (Å²) in [6, 6.07) is 0. The van der Waals surface area contributed by atoms with Crippen molar-refractivity contribution in [2.24, 2.45) is 0 Å². The second-order valence-corrected chi connectivity index (χ2v) is 28.1. The van der Waals surface area contributed by atoms with Crippen molar-refractivity contribution in [2.45, 2.75) is 290 Å². The SMILES string of the molecule is CC/C=C\C/C=C\C/C=C\C/C=C\C/C=C\CCCCCC(=O)OCC(COP(=O)(O)OCC(O)COP(=O)(O)OCC(COC(=O)CCC/C=C\C/C=C\C/C=C\C/C=C\C/C=C\CC)OC(=O)CCC/C=C\C/C=C\C/C=C\C/C=C\C/C=C\CC)OC(=O)CCCCCCCCCCCCC.